The first kappa shape index (κ1) is 18.9. The van der Waals surface area contributed by atoms with Gasteiger partial charge in [-0.05, 0) is 36.5 Å². The van der Waals surface area contributed by atoms with Crippen LogP contribution in [0.25, 0.3) is 27.8 Å². The molecule has 0 unspecified atom stereocenters. The lowest BCUT2D eigenvalue weighted by atomic mass is 9.85. The van der Waals surface area contributed by atoms with E-state index in [1.807, 2.05) is 30.6 Å². The second kappa shape index (κ2) is 7.28. The number of benzene rings is 2. The van der Waals surface area contributed by atoms with Crippen molar-refractivity contribution in [2.24, 2.45) is 0 Å². The molecule has 2 aromatic carbocycles. The van der Waals surface area contributed by atoms with Gasteiger partial charge >= 0.3 is 0 Å². The summed E-state index contributed by atoms with van der Waals surface area (Å²) in [7, 11) is 0. The smallest absolute Gasteiger partial charge is 0.258 e. The van der Waals surface area contributed by atoms with Crippen molar-refractivity contribution in [1.29, 1.82) is 0 Å². The lowest BCUT2D eigenvalue weighted by Crippen LogP contribution is -2.27. The van der Waals surface area contributed by atoms with Crippen LogP contribution in [0, 0.1) is 20.2 Å². The van der Waals surface area contributed by atoms with Crippen molar-refractivity contribution in [1.82, 2.24) is 0 Å². The maximum atomic E-state index is 11.4. The number of rotatable bonds is 4. The van der Waals surface area contributed by atoms with E-state index in [2.05, 4.69) is 10.5 Å². The van der Waals surface area contributed by atoms with Crippen LogP contribution >= 0.6 is 0 Å². The second-order valence-corrected chi connectivity index (χ2v) is 7.65. The minimum absolute atomic E-state index is 0.00924. The molecule has 0 atom stereocenters. The molecule has 0 saturated carbocycles. The average molecular weight is 412 g/mol. The average Bonchev–Trinajstić information content (AvgIpc) is 2.79. The molecule has 0 bridgehead atoms. The van der Waals surface area contributed by atoms with Crippen LogP contribution in [0.3, 0.4) is 0 Å². The summed E-state index contributed by atoms with van der Waals surface area (Å²) in [6, 6.07) is 17.3. The van der Waals surface area contributed by atoms with E-state index in [1.54, 1.807) is 24.3 Å². The van der Waals surface area contributed by atoms with Gasteiger partial charge < -0.3 is 0 Å². The molecule has 0 N–H and O–H groups in total. The number of aryl methyl sites for hydroxylation is 2. The Morgan fingerprint density at radius 3 is 2.19 bits per heavy atom. The highest BCUT2D eigenvalue weighted by Crippen LogP contribution is 2.40. The summed E-state index contributed by atoms with van der Waals surface area (Å²) >= 11 is 0. The molecule has 0 amide bonds. The fourth-order valence-corrected chi connectivity index (χ4v) is 4.52. The molecule has 0 spiro atoms. The van der Waals surface area contributed by atoms with E-state index in [0.717, 1.165) is 47.0 Å². The molecule has 1 aliphatic rings. The molecule has 0 fully saturated rings. The molecular formula is C24H18N3O4+. The van der Waals surface area contributed by atoms with Crippen molar-refractivity contribution in [2.45, 2.75) is 19.3 Å². The minimum atomic E-state index is -0.410. The van der Waals surface area contributed by atoms with Gasteiger partial charge in [0.05, 0.1) is 15.4 Å². The van der Waals surface area contributed by atoms with Gasteiger partial charge in [0.25, 0.3) is 11.4 Å². The third kappa shape index (κ3) is 3.20. The largest absolute Gasteiger partial charge is 0.270 e. The topological polar surface area (TPSA) is 90.4 Å². The molecule has 4 aromatic rings. The predicted octanol–water partition coefficient (Wildman–Crippen LogP) is 5.06. The van der Waals surface area contributed by atoms with E-state index in [0.29, 0.717) is 5.56 Å². The maximum absolute atomic E-state index is 11.4. The van der Waals surface area contributed by atoms with Gasteiger partial charge in [-0.25, -0.2) is 0 Å². The standard InChI is InChI=1S/C24H18N3O4/c28-26(29)19-9-1-6-17(13-19)22-15-25-12-4-8-16-5-3-11-21(24(16)25)23(22)18-7-2-10-20(14-18)27(30)31/h1-2,4,6-10,12-15H,3,5,11H2/q+1. The summed E-state index contributed by atoms with van der Waals surface area (Å²) in [5.74, 6) is 0. The van der Waals surface area contributed by atoms with Crippen LogP contribution in [-0.4, -0.2) is 9.85 Å². The van der Waals surface area contributed by atoms with Crippen LogP contribution in [0.4, 0.5) is 11.4 Å². The van der Waals surface area contributed by atoms with E-state index in [4.69, 9.17) is 0 Å². The number of pyridine rings is 2. The van der Waals surface area contributed by atoms with Gasteiger partial charge in [0.2, 0.25) is 5.52 Å². The number of nitro groups is 2. The van der Waals surface area contributed by atoms with Crippen molar-refractivity contribution in [3.8, 4) is 22.3 Å². The van der Waals surface area contributed by atoms with E-state index in [1.165, 1.54) is 17.7 Å². The van der Waals surface area contributed by atoms with Crippen LogP contribution in [0.5, 0.6) is 0 Å². The molecule has 2 aromatic heterocycles. The van der Waals surface area contributed by atoms with Crippen LogP contribution in [0.1, 0.15) is 17.5 Å². The van der Waals surface area contributed by atoms with Gasteiger partial charge in [-0.3, -0.25) is 20.2 Å². The fourth-order valence-electron chi connectivity index (χ4n) is 4.52. The summed E-state index contributed by atoms with van der Waals surface area (Å²) in [6.07, 6.45) is 6.74. The molecule has 152 valence electrons. The fraction of sp³-hybridized carbons (Fsp3) is 0.125. The molecule has 1 aliphatic carbocycles. The molecule has 0 radical (unpaired) electrons. The molecule has 7 heteroatoms. The normalized spacial score (nSPS) is 12.6. The first-order valence-electron chi connectivity index (χ1n) is 10.0. The van der Waals surface area contributed by atoms with E-state index in [-0.39, 0.29) is 11.4 Å². The SMILES string of the molecule is O=[N+]([O-])c1cccc(-c2c[n+]3cccc4c3c(c2-c2cccc([N+](=O)[O-])c2)CCC4)c1. The highest BCUT2D eigenvalue weighted by molar-refractivity contribution is 5.89. The third-order valence-corrected chi connectivity index (χ3v) is 5.82. The Labute approximate surface area is 177 Å². The summed E-state index contributed by atoms with van der Waals surface area (Å²) < 4.78 is 2.07. The Morgan fingerprint density at radius 2 is 1.48 bits per heavy atom. The predicted molar refractivity (Wildman–Crippen MR) is 116 cm³/mol. The lowest BCUT2D eigenvalue weighted by molar-refractivity contribution is -0.512. The summed E-state index contributed by atoms with van der Waals surface area (Å²) in [5, 5.41) is 22.8. The van der Waals surface area contributed by atoms with E-state index in [9.17, 15) is 20.2 Å². The van der Waals surface area contributed by atoms with Gasteiger partial charge in [0.1, 0.15) is 0 Å². The number of nitrogens with zero attached hydrogens (tertiary/aromatic N) is 3. The first-order chi connectivity index (χ1) is 15.0. The van der Waals surface area contributed by atoms with E-state index >= 15 is 0 Å². The van der Waals surface area contributed by atoms with Gasteiger partial charge in [-0.2, -0.15) is 4.40 Å². The first-order valence-corrected chi connectivity index (χ1v) is 10.0. The molecule has 0 saturated heterocycles. The summed E-state index contributed by atoms with van der Waals surface area (Å²) in [4.78, 5) is 22.0. The number of aromatic nitrogens is 1. The van der Waals surface area contributed by atoms with Gasteiger partial charge in [-0.15, -0.1) is 0 Å². The van der Waals surface area contributed by atoms with Crippen molar-refractivity contribution < 1.29 is 14.2 Å². The minimum Gasteiger partial charge on any atom is -0.258 e. The molecule has 2 heterocycles. The molecule has 0 aliphatic heterocycles. The second-order valence-electron chi connectivity index (χ2n) is 7.65. The molecule has 7 nitrogen and oxygen atoms in total. The van der Waals surface area contributed by atoms with E-state index < -0.39 is 9.85 Å². The third-order valence-electron chi connectivity index (χ3n) is 5.82. The summed E-state index contributed by atoms with van der Waals surface area (Å²) in [5.41, 5.74) is 6.66. The highest BCUT2D eigenvalue weighted by Gasteiger charge is 2.27. The van der Waals surface area contributed by atoms with Gasteiger partial charge in [0.15, 0.2) is 12.4 Å². The van der Waals surface area contributed by atoms with Crippen molar-refractivity contribution in [2.75, 3.05) is 0 Å². The molecular weight excluding hydrogens is 394 g/mol. The van der Waals surface area contributed by atoms with Crippen LogP contribution in [-0.2, 0) is 12.8 Å². The van der Waals surface area contributed by atoms with Crippen molar-refractivity contribution in [3.05, 3.63) is 104 Å². The Kier molecular flexibility index (Phi) is 4.43. The Balaban J connectivity index is 1.88. The van der Waals surface area contributed by atoms with Crippen LogP contribution in [0.15, 0.2) is 73.1 Å². The Morgan fingerprint density at radius 1 is 0.806 bits per heavy atom. The van der Waals surface area contributed by atoms with Crippen molar-refractivity contribution in [3.63, 3.8) is 0 Å². The zero-order chi connectivity index (χ0) is 21.5. The Bertz CT molecular complexity index is 1380. The number of nitro benzene ring substituents is 2. The zero-order valence-corrected chi connectivity index (χ0v) is 16.5. The number of hydrogen-bond acceptors (Lipinski definition) is 4. The van der Waals surface area contributed by atoms with Gasteiger partial charge in [0, 0.05) is 47.0 Å². The van der Waals surface area contributed by atoms with Crippen LogP contribution < -0.4 is 4.40 Å². The monoisotopic (exact) mass is 412 g/mol. The highest BCUT2D eigenvalue weighted by atomic mass is 16.6. The van der Waals surface area contributed by atoms with Crippen LogP contribution in [0.2, 0.25) is 0 Å². The number of non-ortho nitro benzene ring substituents is 2. The zero-order valence-electron chi connectivity index (χ0n) is 16.5. The Hall–Kier alpha value is -4.13. The molecule has 31 heavy (non-hydrogen) atoms. The lowest BCUT2D eigenvalue weighted by Gasteiger charge is -2.19. The molecule has 5 rings (SSSR count). The maximum Gasteiger partial charge on any atom is 0.270 e. The van der Waals surface area contributed by atoms with Gasteiger partial charge in [-0.1, -0.05) is 24.3 Å². The quantitative estimate of drug-likeness (QED) is 0.266. The van der Waals surface area contributed by atoms with Crippen molar-refractivity contribution >= 4 is 16.9 Å². The number of hydrogen-bond donors (Lipinski definition) is 0. The summed E-state index contributed by atoms with van der Waals surface area (Å²) in [6.45, 7) is 0.